The van der Waals surface area contributed by atoms with Gasteiger partial charge in [0.05, 0.1) is 31.7 Å². The molecule has 0 atom stereocenters. The molecule has 130 valence electrons. The molecule has 0 aliphatic carbocycles. The molecule has 0 radical (unpaired) electrons. The normalized spacial score (nSPS) is 10.8. The second-order valence-electron chi connectivity index (χ2n) is 5.63. The molecule has 0 amide bonds. The van der Waals surface area contributed by atoms with Crippen LogP contribution in [0.5, 0.6) is 0 Å². The molecule has 0 spiro atoms. The van der Waals surface area contributed by atoms with E-state index in [4.69, 9.17) is 18.7 Å². The van der Waals surface area contributed by atoms with E-state index in [2.05, 4.69) is 0 Å². The summed E-state index contributed by atoms with van der Waals surface area (Å²) in [5, 5.41) is 4.72. The number of para-hydroxylation sites is 1. The largest absolute Gasteiger partial charge is 0.469 e. The molecule has 0 saturated heterocycles. The number of carbonyl (C=O) groups is 1. The number of hydrogen-bond donors (Lipinski definition) is 0. The topological polar surface area (TPSA) is 70.4 Å². The Labute approximate surface area is 149 Å². The molecular weight excluding hydrogens is 332 g/mol. The first-order valence-electron chi connectivity index (χ1n) is 8.10. The fraction of sp³-hybridized carbons (Fsp3) is 0.100. The summed E-state index contributed by atoms with van der Waals surface area (Å²) in [5.74, 6) is 0.822. The van der Waals surface area contributed by atoms with Gasteiger partial charge in [0, 0.05) is 5.56 Å². The Morgan fingerprint density at radius 2 is 1.69 bits per heavy atom. The number of esters is 1. The number of hydrogen-bond acceptors (Lipinski definition) is 5. The lowest BCUT2D eigenvalue weighted by atomic mass is 10.1. The number of aromatic nitrogens is 2. The molecule has 1 aromatic carbocycles. The molecule has 4 aromatic rings. The highest BCUT2D eigenvalue weighted by Gasteiger charge is 2.26. The molecule has 6 nitrogen and oxygen atoms in total. The summed E-state index contributed by atoms with van der Waals surface area (Å²) < 4.78 is 17.8. The third-order valence-electron chi connectivity index (χ3n) is 4.04. The molecule has 6 heteroatoms. The van der Waals surface area contributed by atoms with Crippen LogP contribution in [0, 0.1) is 0 Å². The fourth-order valence-electron chi connectivity index (χ4n) is 2.87. The Bertz CT molecular complexity index is 1000. The lowest BCUT2D eigenvalue weighted by Crippen LogP contribution is -2.06. The number of ether oxygens (including phenoxy) is 1. The predicted molar refractivity (Wildman–Crippen MR) is 94.7 cm³/mol. The summed E-state index contributed by atoms with van der Waals surface area (Å²) in [7, 11) is 1.36. The molecule has 0 N–H and O–H groups in total. The van der Waals surface area contributed by atoms with Gasteiger partial charge in [0.25, 0.3) is 0 Å². The van der Waals surface area contributed by atoms with E-state index in [0.717, 1.165) is 5.69 Å². The first kappa shape index (κ1) is 16.0. The maximum atomic E-state index is 12.1. The number of benzene rings is 1. The van der Waals surface area contributed by atoms with Crippen molar-refractivity contribution in [2.45, 2.75) is 6.42 Å². The minimum atomic E-state index is -0.363. The number of rotatable bonds is 5. The van der Waals surface area contributed by atoms with Gasteiger partial charge in [-0.05, 0) is 36.4 Å². The van der Waals surface area contributed by atoms with E-state index in [1.807, 2.05) is 42.5 Å². The quantitative estimate of drug-likeness (QED) is 0.508. The van der Waals surface area contributed by atoms with Gasteiger partial charge in [-0.2, -0.15) is 5.10 Å². The van der Waals surface area contributed by atoms with Crippen LogP contribution in [0.15, 0.2) is 76.0 Å². The first-order valence-corrected chi connectivity index (χ1v) is 8.10. The van der Waals surface area contributed by atoms with E-state index in [1.165, 1.54) is 7.11 Å². The summed E-state index contributed by atoms with van der Waals surface area (Å²) in [5.41, 5.74) is 2.81. The lowest BCUT2D eigenvalue weighted by Gasteiger charge is -2.07. The van der Waals surface area contributed by atoms with Crippen molar-refractivity contribution in [3.63, 3.8) is 0 Å². The molecule has 4 rings (SSSR count). The van der Waals surface area contributed by atoms with Gasteiger partial charge in [-0.25, -0.2) is 4.68 Å². The van der Waals surface area contributed by atoms with Gasteiger partial charge in [-0.15, -0.1) is 0 Å². The average molecular weight is 348 g/mol. The van der Waals surface area contributed by atoms with E-state index < -0.39 is 0 Å². The number of furan rings is 2. The zero-order chi connectivity index (χ0) is 17.9. The Morgan fingerprint density at radius 1 is 1.00 bits per heavy atom. The minimum Gasteiger partial charge on any atom is -0.469 e. The third kappa shape index (κ3) is 2.82. The van der Waals surface area contributed by atoms with Crippen LogP contribution in [-0.2, 0) is 16.0 Å². The molecule has 3 aromatic heterocycles. The Hall–Kier alpha value is -3.54. The average Bonchev–Trinajstić information content (AvgIpc) is 3.42. The van der Waals surface area contributed by atoms with Crippen LogP contribution >= 0.6 is 0 Å². The van der Waals surface area contributed by atoms with Gasteiger partial charge in [-0.3, -0.25) is 4.79 Å². The van der Waals surface area contributed by atoms with E-state index in [-0.39, 0.29) is 12.4 Å². The molecule has 0 fully saturated rings. The van der Waals surface area contributed by atoms with E-state index >= 15 is 0 Å². The summed E-state index contributed by atoms with van der Waals surface area (Å²) in [4.78, 5) is 12.1. The zero-order valence-electron chi connectivity index (χ0n) is 14.1. The molecule has 0 unspecified atom stereocenters. The van der Waals surface area contributed by atoms with Crippen molar-refractivity contribution in [2.75, 3.05) is 7.11 Å². The lowest BCUT2D eigenvalue weighted by molar-refractivity contribution is -0.139. The number of nitrogens with zero attached hydrogens (tertiary/aromatic N) is 2. The summed E-state index contributed by atoms with van der Waals surface area (Å²) in [6.45, 7) is 0. The molecule has 0 aliphatic rings. The molecule has 0 bridgehead atoms. The smallest absolute Gasteiger partial charge is 0.310 e. The van der Waals surface area contributed by atoms with Crippen LogP contribution in [0.3, 0.4) is 0 Å². The standard InChI is InChI=1S/C20H16N2O4/c1-24-18(23)13-15-19(16-9-5-11-25-16)21-22(14-7-3-2-4-8-14)20(15)17-10-6-12-26-17/h2-12H,13H2,1H3. The maximum Gasteiger partial charge on any atom is 0.310 e. The highest BCUT2D eigenvalue weighted by molar-refractivity contribution is 5.81. The SMILES string of the molecule is COC(=O)Cc1c(-c2ccco2)nn(-c2ccccc2)c1-c1ccco1. The molecule has 26 heavy (non-hydrogen) atoms. The zero-order valence-corrected chi connectivity index (χ0v) is 14.1. The maximum absolute atomic E-state index is 12.1. The van der Waals surface area contributed by atoms with Crippen LogP contribution in [0.1, 0.15) is 5.56 Å². The monoisotopic (exact) mass is 348 g/mol. The second-order valence-corrected chi connectivity index (χ2v) is 5.63. The summed E-state index contributed by atoms with van der Waals surface area (Å²) in [6, 6.07) is 16.9. The summed E-state index contributed by atoms with van der Waals surface area (Å²) in [6.07, 6.45) is 3.22. The van der Waals surface area contributed by atoms with Crippen LogP contribution < -0.4 is 0 Å². The minimum absolute atomic E-state index is 0.0510. The highest BCUT2D eigenvalue weighted by atomic mass is 16.5. The van der Waals surface area contributed by atoms with Crippen molar-refractivity contribution in [3.8, 4) is 28.6 Å². The first-order chi connectivity index (χ1) is 12.8. The molecular formula is C20H16N2O4. The van der Waals surface area contributed by atoms with E-state index in [1.54, 1.807) is 29.3 Å². The molecule has 0 aliphatic heterocycles. The molecule has 3 heterocycles. The van der Waals surface area contributed by atoms with Gasteiger partial charge < -0.3 is 13.6 Å². The molecule has 0 saturated carbocycles. The Kier molecular flexibility index (Phi) is 4.15. The fourth-order valence-corrected chi connectivity index (χ4v) is 2.87. The third-order valence-corrected chi connectivity index (χ3v) is 4.04. The van der Waals surface area contributed by atoms with Crippen molar-refractivity contribution in [1.29, 1.82) is 0 Å². The van der Waals surface area contributed by atoms with Crippen molar-refractivity contribution < 1.29 is 18.4 Å². The summed E-state index contributed by atoms with van der Waals surface area (Å²) >= 11 is 0. The van der Waals surface area contributed by atoms with Crippen LogP contribution in [0.25, 0.3) is 28.6 Å². The van der Waals surface area contributed by atoms with Gasteiger partial charge in [0.2, 0.25) is 0 Å². The van der Waals surface area contributed by atoms with Crippen molar-refractivity contribution >= 4 is 5.97 Å². The van der Waals surface area contributed by atoms with Crippen LogP contribution in [-0.4, -0.2) is 22.9 Å². The van der Waals surface area contributed by atoms with Crippen molar-refractivity contribution in [3.05, 3.63) is 72.7 Å². The van der Waals surface area contributed by atoms with E-state index in [0.29, 0.717) is 28.5 Å². The van der Waals surface area contributed by atoms with Gasteiger partial charge >= 0.3 is 5.97 Å². The highest BCUT2D eigenvalue weighted by Crippen LogP contribution is 2.35. The Balaban J connectivity index is 2.00. The van der Waals surface area contributed by atoms with Crippen LogP contribution in [0.4, 0.5) is 0 Å². The van der Waals surface area contributed by atoms with Gasteiger partial charge in [-0.1, -0.05) is 18.2 Å². The Morgan fingerprint density at radius 3 is 2.31 bits per heavy atom. The van der Waals surface area contributed by atoms with Crippen molar-refractivity contribution in [2.24, 2.45) is 0 Å². The predicted octanol–water partition coefficient (Wildman–Crippen LogP) is 4.11. The van der Waals surface area contributed by atoms with Gasteiger partial charge in [0.1, 0.15) is 11.4 Å². The van der Waals surface area contributed by atoms with E-state index in [9.17, 15) is 4.79 Å². The second kappa shape index (κ2) is 6.76. The van der Waals surface area contributed by atoms with Crippen LogP contribution in [0.2, 0.25) is 0 Å². The number of methoxy groups -OCH3 is 1. The van der Waals surface area contributed by atoms with Gasteiger partial charge in [0.15, 0.2) is 11.5 Å². The van der Waals surface area contributed by atoms with Crippen molar-refractivity contribution in [1.82, 2.24) is 9.78 Å². The number of carbonyl (C=O) groups excluding carboxylic acids is 1.